The van der Waals surface area contributed by atoms with Crippen molar-refractivity contribution in [1.82, 2.24) is 10.7 Å². The van der Waals surface area contributed by atoms with Crippen LogP contribution in [0.2, 0.25) is 0 Å². The molecule has 94 valence electrons. The van der Waals surface area contributed by atoms with Gasteiger partial charge in [0.2, 0.25) is 5.96 Å². The number of guanidine groups is 1. The van der Waals surface area contributed by atoms with Crippen molar-refractivity contribution in [3.63, 3.8) is 0 Å². The summed E-state index contributed by atoms with van der Waals surface area (Å²) >= 11 is 0. The standard InChI is InChI=1S/C12H26N4/c1-3-10(4-2)9-14-12(16-13)15-11-7-5-6-8-11/h10-11H,3-9,13H2,1-2H3,(H2,14,15,16). The fourth-order valence-electron chi connectivity index (χ4n) is 2.16. The maximum atomic E-state index is 5.48. The number of nitrogens with one attached hydrogen (secondary N) is 2. The zero-order chi connectivity index (χ0) is 11.8. The third-order valence-corrected chi connectivity index (χ3v) is 3.50. The molecule has 0 bridgehead atoms. The van der Waals surface area contributed by atoms with Crippen molar-refractivity contribution in [2.45, 2.75) is 58.4 Å². The summed E-state index contributed by atoms with van der Waals surface area (Å²) in [5.74, 6) is 6.91. The van der Waals surface area contributed by atoms with Crippen LogP contribution >= 0.6 is 0 Å². The molecular weight excluding hydrogens is 200 g/mol. The van der Waals surface area contributed by atoms with E-state index in [0.29, 0.717) is 12.0 Å². The van der Waals surface area contributed by atoms with Crippen molar-refractivity contribution in [2.24, 2.45) is 16.8 Å². The Morgan fingerprint density at radius 2 is 1.94 bits per heavy atom. The molecule has 0 atom stereocenters. The summed E-state index contributed by atoms with van der Waals surface area (Å²) in [7, 11) is 0. The molecule has 1 aliphatic carbocycles. The van der Waals surface area contributed by atoms with Gasteiger partial charge in [0.15, 0.2) is 0 Å². The third kappa shape index (κ3) is 4.39. The van der Waals surface area contributed by atoms with Gasteiger partial charge in [-0.25, -0.2) is 5.84 Å². The van der Waals surface area contributed by atoms with Crippen LogP contribution < -0.4 is 16.6 Å². The molecule has 1 rings (SSSR count). The van der Waals surface area contributed by atoms with E-state index in [1.165, 1.54) is 38.5 Å². The molecule has 0 unspecified atom stereocenters. The van der Waals surface area contributed by atoms with Crippen molar-refractivity contribution in [2.75, 3.05) is 6.54 Å². The second-order valence-corrected chi connectivity index (χ2v) is 4.64. The molecule has 0 heterocycles. The van der Waals surface area contributed by atoms with E-state index < -0.39 is 0 Å². The van der Waals surface area contributed by atoms with Crippen molar-refractivity contribution in [1.29, 1.82) is 0 Å². The molecule has 0 spiro atoms. The number of hydrazine groups is 1. The first kappa shape index (κ1) is 13.3. The van der Waals surface area contributed by atoms with Crippen LogP contribution in [0, 0.1) is 5.92 Å². The minimum atomic E-state index is 0.566. The summed E-state index contributed by atoms with van der Waals surface area (Å²) in [5, 5.41) is 3.38. The first-order valence-corrected chi connectivity index (χ1v) is 6.57. The highest BCUT2D eigenvalue weighted by Crippen LogP contribution is 2.17. The SMILES string of the molecule is CCC(CC)CN=C(NN)NC1CCCC1. The van der Waals surface area contributed by atoms with E-state index >= 15 is 0 Å². The summed E-state index contributed by atoms with van der Waals surface area (Å²) in [6.07, 6.45) is 7.49. The van der Waals surface area contributed by atoms with Gasteiger partial charge in [-0.3, -0.25) is 10.4 Å². The zero-order valence-electron chi connectivity index (χ0n) is 10.6. The van der Waals surface area contributed by atoms with Crippen molar-refractivity contribution in [3.05, 3.63) is 0 Å². The van der Waals surface area contributed by atoms with Crippen LogP contribution in [0.4, 0.5) is 0 Å². The van der Waals surface area contributed by atoms with Gasteiger partial charge in [-0.05, 0) is 18.8 Å². The molecule has 0 aromatic carbocycles. The molecule has 0 saturated heterocycles. The predicted octanol–water partition coefficient (Wildman–Crippen LogP) is 1.77. The first-order valence-electron chi connectivity index (χ1n) is 6.57. The van der Waals surface area contributed by atoms with E-state index in [1.54, 1.807) is 0 Å². The van der Waals surface area contributed by atoms with E-state index in [0.717, 1.165) is 12.5 Å². The molecule has 0 aromatic heterocycles. The smallest absolute Gasteiger partial charge is 0.205 e. The van der Waals surface area contributed by atoms with Crippen LogP contribution in [0.15, 0.2) is 4.99 Å². The largest absolute Gasteiger partial charge is 0.353 e. The summed E-state index contributed by atoms with van der Waals surface area (Å²) in [6.45, 7) is 5.29. The molecule has 1 saturated carbocycles. The van der Waals surface area contributed by atoms with Crippen LogP contribution in [-0.2, 0) is 0 Å². The van der Waals surface area contributed by atoms with Crippen LogP contribution in [-0.4, -0.2) is 18.5 Å². The summed E-state index contributed by atoms with van der Waals surface area (Å²) in [4.78, 5) is 4.52. The molecule has 4 heteroatoms. The molecule has 4 N–H and O–H groups in total. The lowest BCUT2D eigenvalue weighted by molar-refractivity contribution is 0.502. The molecular formula is C12H26N4. The molecule has 0 radical (unpaired) electrons. The number of hydrogen-bond donors (Lipinski definition) is 3. The number of aliphatic imine (C=N–C) groups is 1. The number of hydrogen-bond acceptors (Lipinski definition) is 2. The molecule has 0 aromatic rings. The fourth-order valence-corrected chi connectivity index (χ4v) is 2.16. The average molecular weight is 226 g/mol. The number of nitrogens with zero attached hydrogens (tertiary/aromatic N) is 1. The van der Waals surface area contributed by atoms with E-state index in [1.807, 2.05) is 0 Å². The van der Waals surface area contributed by atoms with Gasteiger partial charge in [0.05, 0.1) is 0 Å². The molecule has 0 amide bonds. The highest BCUT2D eigenvalue weighted by Gasteiger charge is 2.15. The van der Waals surface area contributed by atoms with Gasteiger partial charge in [-0.2, -0.15) is 0 Å². The van der Waals surface area contributed by atoms with Gasteiger partial charge in [0.25, 0.3) is 0 Å². The lowest BCUT2D eigenvalue weighted by Crippen LogP contribution is -2.45. The lowest BCUT2D eigenvalue weighted by Gasteiger charge is -2.16. The van der Waals surface area contributed by atoms with Crippen molar-refractivity contribution < 1.29 is 0 Å². The second kappa shape index (κ2) is 7.49. The number of nitrogens with two attached hydrogens (primary N) is 1. The number of rotatable bonds is 5. The third-order valence-electron chi connectivity index (χ3n) is 3.50. The van der Waals surface area contributed by atoms with Crippen LogP contribution in [0.3, 0.4) is 0 Å². The van der Waals surface area contributed by atoms with Crippen LogP contribution in [0.5, 0.6) is 0 Å². The Balaban J connectivity index is 2.36. The minimum Gasteiger partial charge on any atom is -0.353 e. The Morgan fingerprint density at radius 3 is 2.44 bits per heavy atom. The van der Waals surface area contributed by atoms with Gasteiger partial charge in [0.1, 0.15) is 0 Å². The van der Waals surface area contributed by atoms with Crippen molar-refractivity contribution in [3.8, 4) is 0 Å². The predicted molar refractivity (Wildman–Crippen MR) is 69.1 cm³/mol. The highest BCUT2D eigenvalue weighted by molar-refractivity contribution is 5.79. The quantitative estimate of drug-likeness (QED) is 0.290. The molecule has 0 aliphatic heterocycles. The Hall–Kier alpha value is -0.770. The van der Waals surface area contributed by atoms with Gasteiger partial charge in [0, 0.05) is 12.6 Å². The highest BCUT2D eigenvalue weighted by atomic mass is 15.3. The summed E-state index contributed by atoms with van der Waals surface area (Å²) in [6, 6.07) is 0.566. The van der Waals surface area contributed by atoms with Gasteiger partial charge >= 0.3 is 0 Å². The van der Waals surface area contributed by atoms with Gasteiger partial charge in [-0.15, -0.1) is 0 Å². The summed E-state index contributed by atoms with van der Waals surface area (Å²) < 4.78 is 0. The zero-order valence-corrected chi connectivity index (χ0v) is 10.6. The van der Waals surface area contributed by atoms with Crippen LogP contribution in [0.25, 0.3) is 0 Å². The second-order valence-electron chi connectivity index (χ2n) is 4.64. The maximum Gasteiger partial charge on any atom is 0.205 e. The van der Waals surface area contributed by atoms with E-state index in [-0.39, 0.29) is 0 Å². The Bertz CT molecular complexity index is 205. The van der Waals surface area contributed by atoms with E-state index in [2.05, 4.69) is 29.6 Å². The fraction of sp³-hybridized carbons (Fsp3) is 0.917. The normalized spacial score (nSPS) is 18.1. The van der Waals surface area contributed by atoms with Gasteiger partial charge < -0.3 is 5.32 Å². The summed E-state index contributed by atoms with van der Waals surface area (Å²) in [5.41, 5.74) is 2.67. The van der Waals surface area contributed by atoms with E-state index in [4.69, 9.17) is 5.84 Å². The van der Waals surface area contributed by atoms with Gasteiger partial charge in [-0.1, -0.05) is 39.5 Å². The molecule has 1 fully saturated rings. The maximum absolute atomic E-state index is 5.48. The minimum absolute atomic E-state index is 0.566. The topological polar surface area (TPSA) is 62.4 Å². The monoisotopic (exact) mass is 226 g/mol. The Labute approximate surface area is 99.1 Å². The lowest BCUT2D eigenvalue weighted by atomic mass is 10.0. The average Bonchev–Trinajstić information content (AvgIpc) is 2.81. The van der Waals surface area contributed by atoms with Crippen LogP contribution in [0.1, 0.15) is 52.4 Å². The van der Waals surface area contributed by atoms with Crippen molar-refractivity contribution >= 4 is 5.96 Å². The molecule has 1 aliphatic rings. The molecule has 16 heavy (non-hydrogen) atoms. The molecule has 4 nitrogen and oxygen atoms in total. The Kier molecular flexibility index (Phi) is 6.23. The first-order chi connectivity index (χ1) is 7.80. The van der Waals surface area contributed by atoms with E-state index in [9.17, 15) is 0 Å². The Morgan fingerprint density at radius 1 is 1.31 bits per heavy atom.